The minimum Gasteiger partial charge on any atom is -0.493 e. The number of carbonyl (C=O) groups is 1. The van der Waals surface area contributed by atoms with Gasteiger partial charge in [0.2, 0.25) is 15.9 Å². The van der Waals surface area contributed by atoms with Crippen LogP contribution in [0.2, 0.25) is 10.0 Å². The lowest BCUT2D eigenvalue weighted by Crippen LogP contribution is -2.44. The Morgan fingerprint density at radius 1 is 1.13 bits per heavy atom. The first-order valence-corrected chi connectivity index (χ1v) is 12.0. The van der Waals surface area contributed by atoms with Gasteiger partial charge in [0, 0.05) is 40.5 Å². The number of halogens is 2. The van der Waals surface area contributed by atoms with Gasteiger partial charge in [-0.3, -0.25) is 4.79 Å². The lowest BCUT2D eigenvalue weighted by atomic mass is 9.98. The summed E-state index contributed by atoms with van der Waals surface area (Å²) in [5.41, 5.74) is 0.910. The number of rotatable bonds is 7. The van der Waals surface area contributed by atoms with Crippen LogP contribution in [0, 0.1) is 5.92 Å². The molecule has 1 aliphatic rings. The average Bonchev–Trinajstić information content (AvgIpc) is 2.76. The largest absolute Gasteiger partial charge is 0.493 e. The molecule has 1 N–H and O–H groups in total. The number of benzene rings is 2. The van der Waals surface area contributed by atoms with E-state index in [4.69, 9.17) is 32.7 Å². The Labute approximate surface area is 192 Å². The number of hydrogen-bond acceptors (Lipinski definition) is 5. The lowest BCUT2D eigenvalue weighted by Gasteiger charge is -2.31. The number of nitrogens with one attached hydrogen (secondary N) is 1. The Kier molecular flexibility index (Phi) is 7.69. The van der Waals surface area contributed by atoms with E-state index in [9.17, 15) is 13.2 Å². The Morgan fingerprint density at radius 2 is 1.81 bits per heavy atom. The van der Waals surface area contributed by atoms with E-state index < -0.39 is 15.9 Å². The third-order valence-corrected chi connectivity index (χ3v) is 7.67. The van der Waals surface area contributed by atoms with Crippen molar-refractivity contribution in [2.75, 3.05) is 32.6 Å². The van der Waals surface area contributed by atoms with E-state index >= 15 is 0 Å². The molecule has 7 nitrogen and oxygen atoms in total. The van der Waals surface area contributed by atoms with Gasteiger partial charge >= 0.3 is 0 Å². The van der Waals surface area contributed by atoms with E-state index in [1.54, 1.807) is 36.4 Å². The van der Waals surface area contributed by atoms with E-state index in [2.05, 4.69) is 5.32 Å². The molecule has 1 aliphatic heterocycles. The van der Waals surface area contributed by atoms with Crippen molar-refractivity contribution in [3.63, 3.8) is 0 Å². The van der Waals surface area contributed by atoms with Gasteiger partial charge in [-0.1, -0.05) is 29.3 Å². The van der Waals surface area contributed by atoms with Crippen molar-refractivity contribution in [1.82, 2.24) is 4.31 Å². The SMILES string of the molecule is COc1ccc(NC(=O)C2CCCN(S(=O)(=O)Cc3c(Cl)cccc3Cl)C2)cc1OC. The molecule has 1 unspecified atom stereocenters. The number of nitrogens with zero attached hydrogens (tertiary/aromatic N) is 1. The van der Waals surface area contributed by atoms with Gasteiger partial charge in [-0.05, 0) is 37.1 Å². The monoisotopic (exact) mass is 486 g/mol. The van der Waals surface area contributed by atoms with Crippen molar-refractivity contribution in [3.8, 4) is 11.5 Å². The maximum atomic E-state index is 13.0. The maximum absolute atomic E-state index is 13.0. The summed E-state index contributed by atoms with van der Waals surface area (Å²) in [6.45, 7) is 0.452. The first kappa shape index (κ1) is 23.7. The Bertz CT molecular complexity index is 1040. The maximum Gasteiger partial charge on any atom is 0.228 e. The Morgan fingerprint density at radius 3 is 2.45 bits per heavy atom. The summed E-state index contributed by atoms with van der Waals surface area (Å²) in [5, 5.41) is 3.44. The van der Waals surface area contributed by atoms with Gasteiger partial charge in [0.25, 0.3) is 0 Å². The number of methoxy groups -OCH3 is 2. The molecule has 1 saturated heterocycles. The van der Waals surface area contributed by atoms with Gasteiger partial charge in [-0.15, -0.1) is 0 Å². The van der Waals surface area contributed by atoms with Gasteiger partial charge in [0.15, 0.2) is 11.5 Å². The third-order valence-electron chi connectivity index (χ3n) is 5.19. The number of anilines is 1. The highest BCUT2D eigenvalue weighted by Gasteiger charge is 2.33. The summed E-state index contributed by atoms with van der Waals surface area (Å²) in [6, 6.07) is 9.93. The summed E-state index contributed by atoms with van der Waals surface area (Å²) in [6.07, 6.45) is 1.18. The summed E-state index contributed by atoms with van der Waals surface area (Å²) in [5.74, 6) is 0.00914. The molecular formula is C21H24Cl2N2O5S. The Hall–Kier alpha value is -2.00. The second-order valence-corrected chi connectivity index (χ2v) is 10.00. The van der Waals surface area contributed by atoms with Gasteiger partial charge in [-0.2, -0.15) is 0 Å². The summed E-state index contributed by atoms with van der Waals surface area (Å²) in [4.78, 5) is 12.8. The van der Waals surface area contributed by atoms with Crippen molar-refractivity contribution in [2.24, 2.45) is 5.92 Å². The van der Waals surface area contributed by atoms with Gasteiger partial charge in [0.1, 0.15) is 0 Å². The zero-order chi connectivity index (χ0) is 22.6. The van der Waals surface area contributed by atoms with E-state index in [1.165, 1.54) is 18.5 Å². The number of sulfonamides is 1. The van der Waals surface area contributed by atoms with Crippen molar-refractivity contribution in [2.45, 2.75) is 18.6 Å². The van der Waals surface area contributed by atoms with Crippen LogP contribution in [0.15, 0.2) is 36.4 Å². The molecule has 3 rings (SSSR count). The van der Waals surface area contributed by atoms with Crippen LogP contribution >= 0.6 is 23.2 Å². The number of piperidine rings is 1. The van der Waals surface area contributed by atoms with Crippen molar-refractivity contribution in [3.05, 3.63) is 52.0 Å². The van der Waals surface area contributed by atoms with Crippen LogP contribution < -0.4 is 14.8 Å². The molecule has 0 spiro atoms. The summed E-state index contributed by atoms with van der Waals surface area (Å²) in [7, 11) is -0.649. The topological polar surface area (TPSA) is 84.9 Å². The van der Waals surface area contributed by atoms with Crippen LogP contribution in [0.5, 0.6) is 11.5 Å². The summed E-state index contributed by atoms with van der Waals surface area (Å²) >= 11 is 12.3. The van der Waals surface area contributed by atoms with Gasteiger partial charge in [-0.25, -0.2) is 12.7 Å². The normalized spacial score (nSPS) is 17.2. The van der Waals surface area contributed by atoms with Gasteiger partial charge < -0.3 is 14.8 Å². The lowest BCUT2D eigenvalue weighted by molar-refractivity contribution is -0.120. The fourth-order valence-corrected chi connectivity index (χ4v) is 5.87. The zero-order valence-electron chi connectivity index (χ0n) is 17.2. The first-order chi connectivity index (χ1) is 14.7. The molecule has 1 amide bonds. The zero-order valence-corrected chi connectivity index (χ0v) is 19.6. The van der Waals surface area contributed by atoms with Crippen molar-refractivity contribution in [1.29, 1.82) is 0 Å². The van der Waals surface area contributed by atoms with E-state index in [0.29, 0.717) is 52.2 Å². The van der Waals surface area contributed by atoms with E-state index in [-0.39, 0.29) is 18.2 Å². The minimum atomic E-state index is -3.69. The molecule has 31 heavy (non-hydrogen) atoms. The number of carbonyl (C=O) groups excluding carboxylic acids is 1. The molecule has 1 fully saturated rings. The van der Waals surface area contributed by atoms with Crippen LogP contribution in [-0.2, 0) is 20.6 Å². The second-order valence-electron chi connectivity index (χ2n) is 7.21. The van der Waals surface area contributed by atoms with Crippen molar-refractivity contribution < 1.29 is 22.7 Å². The standard InChI is InChI=1S/C21H24Cl2N2O5S/c1-29-19-9-8-15(11-20(19)30-2)24-21(26)14-5-4-10-25(12-14)31(27,28)13-16-17(22)6-3-7-18(16)23/h3,6-9,11,14H,4-5,10,12-13H2,1-2H3,(H,24,26). The number of hydrogen-bond donors (Lipinski definition) is 1. The first-order valence-electron chi connectivity index (χ1n) is 9.68. The van der Waals surface area contributed by atoms with E-state index in [1.807, 2.05) is 0 Å². The molecule has 0 radical (unpaired) electrons. The molecule has 168 valence electrons. The quantitative estimate of drug-likeness (QED) is 0.633. The molecule has 2 aromatic carbocycles. The summed E-state index contributed by atoms with van der Waals surface area (Å²) < 4.78 is 37.8. The number of ether oxygens (including phenoxy) is 2. The average molecular weight is 487 g/mol. The molecule has 10 heteroatoms. The second kappa shape index (κ2) is 10.1. The van der Waals surface area contributed by atoms with Crippen LogP contribution in [0.1, 0.15) is 18.4 Å². The highest BCUT2D eigenvalue weighted by atomic mass is 35.5. The highest BCUT2D eigenvalue weighted by molar-refractivity contribution is 7.88. The minimum absolute atomic E-state index is 0.101. The van der Waals surface area contributed by atoms with Crippen LogP contribution in [0.3, 0.4) is 0 Å². The molecule has 0 aliphatic carbocycles. The smallest absolute Gasteiger partial charge is 0.228 e. The Balaban J connectivity index is 1.70. The van der Waals surface area contributed by atoms with Crippen molar-refractivity contribution >= 4 is 44.8 Å². The number of amides is 1. The van der Waals surface area contributed by atoms with Crippen LogP contribution in [0.4, 0.5) is 5.69 Å². The van der Waals surface area contributed by atoms with E-state index in [0.717, 1.165) is 0 Å². The molecule has 0 saturated carbocycles. The predicted molar refractivity (Wildman–Crippen MR) is 122 cm³/mol. The fourth-order valence-electron chi connectivity index (χ4n) is 3.51. The third kappa shape index (κ3) is 5.63. The fraction of sp³-hybridized carbons (Fsp3) is 0.381. The van der Waals surface area contributed by atoms with Gasteiger partial charge in [0.05, 0.1) is 25.9 Å². The highest BCUT2D eigenvalue weighted by Crippen LogP contribution is 2.31. The molecule has 2 aromatic rings. The molecule has 1 atom stereocenters. The molecule has 0 bridgehead atoms. The predicted octanol–water partition coefficient (Wildman–Crippen LogP) is 4.19. The molecule has 0 aromatic heterocycles. The van der Waals surface area contributed by atoms with Crippen LogP contribution in [0.25, 0.3) is 0 Å². The van der Waals surface area contributed by atoms with Crippen LogP contribution in [-0.4, -0.2) is 45.9 Å². The molecular weight excluding hydrogens is 463 g/mol. The molecule has 1 heterocycles.